The van der Waals surface area contributed by atoms with Crippen molar-refractivity contribution in [2.75, 3.05) is 7.11 Å². The van der Waals surface area contributed by atoms with E-state index in [1.165, 1.54) is 12.1 Å². The van der Waals surface area contributed by atoms with Crippen LogP contribution < -0.4 is 10.1 Å². The lowest BCUT2D eigenvalue weighted by molar-refractivity contribution is 0.0697. The van der Waals surface area contributed by atoms with Gasteiger partial charge < -0.3 is 14.3 Å². The Kier molecular flexibility index (Phi) is 5.06. The highest BCUT2D eigenvalue weighted by Gasteiger charge is 2.08. The fourth-order valence-corrected chi connectivity index (χ4v) is 3.12. The molecule has 4 rings (SSSR count). The number of benzene rings is 3. The van der Waals surface area contributed by atoms with E-state index in [2.05, 4.69) is 0 Å². The zero-order chi connectivity index (χ0) is 20.4. The van der Waals surface area contributed by atoms with Crippen LogP contribution in [0.15, 0.2) is 82.2 Å². The average Bonchev–Trinajstić information content (AvgIpc) is 2.74. The maximum absolute atomic E-state index is 11.1. The summed E-state index contributed by atoms with van der Waals surface area (Å²) in [5.74, 6) is 0.419. The van der Waals surface area contributed by atoms with Gasteiger partial charge in [0.25, 0.3) is 0 Å². The number of nitrogens with zero attached hydrogens (tertiary/aromatic N) is 1. The van der Waals surface area contributed by atoms with Crippen LogP contribution in [-0.2, 0) is 0 Å². The number of hydrogen-bond donors (Lipinski definition) is 1. The second-order valence-corrected chi connectivity index (χ2v) is 6.77. The third-order valence-electron chi connectivity index (χ3n) is 4.44. The van der Waals surface area contributed by atoms with Gasteiger partial charge in [0.1, 0.15) is 17.1 Å². The van der Waals surface area contributed by atoms with Gasteiger partial charge in [-0.15, -0.1) is 0 Å². The smallest absolute Gasteiger partial charge is 0.335 e. The van der Waals surface area contributed by atoms with Gasteiger partial charge in [0.2, 0.25) is 0 Å². The van der Waals surface area contributed by atoms with Gasteiger partial charge in [0.15, 0.2) is 0 Å². The van der Waals surface area contributed by atoms with Crippen molar-refractivity contribution in [3.05, 3.63) is 88.7 Å². The number of methoxy groups -OCH3 is 1. The Morgan fingerprint density at radius 3 is 2.38 bits per heavy atom. The lowest BCUT2D eigenvalue weighted by Crippen LogP contribution is -2.03. The first kappa shape index (κ1) is 18.8. The Morgan fingerprint density at radius 1 is 1.00 bits per heavy atom. The van der Waals surface area contributed by atoms with Gasteiger partial charge in [-0.2, -0.15) is 0 Å². The van der Waals surface area contributed by atoms with Crippen LogP contribution >= 0.6 is 11.6 Å². The molecule has 0 radical (unpaired) electrons. The summed E-state index contributed by atoms with van der Waals surface area (Å²) < 4.78 is 11.3. The molecule has 3 aromatic carbocycles. The molecule has 6 heteroatoms. The van der Waals surface area contributed by atoms with E-state index in [1.807, 2.05) is 30.3 Å². The van der Waals surface area contributed by atoms with Crippen LogP contribution in [0.1, 0.15) is 10.4 Å². The molecule has 29 heavy (non-hydrogen) atoms. The molecule has 0 aliphatic carbocycles. The van der Waals surface area contributed by atoms with Gasteiger partial charge in [0.05, 0.1) is 23.7 Å². The van der Waals surface area contributed by atoms with Crippen molar-refractivity contribution in [2.45, 2.75) is 0 Å². The molecule has 0 unspecified atom stereocenters. The van der Waals surface area contributed by atoms with E-state index in [1.54, 1.807) is 37.4 Å². The van der Waals surface area contributed by atoms with Gasteiger partial charge in [0, 0.05) is 22.0 Å². The van der Waals surface area contributed by atoms with Gasteiger partial charge in [-0.1, -0.05) is 11.6 Å². The summed E-state index contributed by atoms with van der Waals surface area (Å²) in [5, 5.41) is 11.1. The zero-order valence-electron chi connectivity index (χ0n) is 15.4. The second-order valence-electron chi connectivity index (χ2n) is 6.33. The average molecular weight is 406 g/mol. The standard InChI is InChI=1S/C23H16ClNO4/c1-28-18-9-4-14(5-10-18)22-13-20(19-12-16(24)6-11-21(19)29-22)25-17-7-2-15(3-8-17)23(26)27/h2-13H,1H3,(H,26,27). The molecular formula is C23H16ClNO4. The van der Waals surface area contributed by atoms with Gasteiger partial charge in [-0.05, 0) is 66.7 Å². The number of ether oxygens (including phenoxy) is 1. The molecule has 0 aliphatic rings. The Bertz CT molecular complexity index is 1260. The van der Waals surface area contributed by atoms with E-state index in [9.17, 15) is 4.79 Å². The largest absolute Gasteiger partial charge is 0.497 e. The Morgan fingerprint density at radius 2 is 1.72 bits per heavy atom. The molecule has 5 nitrogen and oxygen atoms in total. The van der Waals surface area contributed by atoms with Crippen LogP contribution in [-0.4, -0.2) is 18.2 Å². The number of hydrogen-bond acceptors (Lipinski definition) is 4. The first-order valence-electron chi connectivity index (χ1n) is 8.79. The minimum Gasteiger partial charge on any atom is -0.497 e. The Labute approximate surface area is 171 Å². The van der Waals surface area contributed by atoms with Crippen LogP contribution in [0, 0.1) is 0 Å². The van der Waals surface area contributed by atoms with E-state index in [0.29, 0.717) is 27.4 Å². The molecule has 1 N–H and O–H groups in total. The molecule has 0 fully saturated rings. The molecule has 144 valence electrons. The first-order valence-corrected chi connectivity index (χ1v) is 9.17. The number of carbonyl (C=O) groups is 1. The summed E-state index contributed by atoms with van der Waals surface area (Å²) in [6, 6.07) is 21.1. The molecule has 0 spiro atoms. The predicted octanol–water partition coefficient (Wildman–Crippen LogP) is 5.69. The zero-order valence-corrected chi connectivity index (χ0v) is 16.2. The van der Waals surface area contributed by atoms with E-state index < -0.39 is 5.97 Å². The third kappa shape index (κ3) is 4.00. The molecular weight excluding hydrogens is 390 g/mol. The van der Waals surface area contributed by atoms with Gasteiger partial charge in [-0.3, -0.25) is 0 Å². The molecule has 0 aliphatic heterocycles. The van der Waals surface area contributed by atoms with Crippen molar-refractivity contribution >= 4 is 34.2 Å². The molecule has 4 aromatic rings. The Balaban J connectivity index is 1.90. The number of halogens is 1. The van der Waals surface area contributed by atoms with Crippen LogP contribution in [0.3, 0.4) is 0 Å². The monoisotopic (exact) mass is 405 g/mol. The minimum absolute atomic E-state index is 0.207. The van der Waals surface area contributed by atoms with Crippen molar-refractivity contribution in [1.29, 1.82) is 0 Å². The van der Waals surface area contributed by atoms with Crippen LogP contribution in [0.25, 0.3) is 22.3 Å². The van der Waals surface area contributed by atoms with Crippen LogP contribution in [0.2, 0.25) is 5.02 Å². The highest BCUT2D eigenvalue weighted by molar-refractivity contribution is 6.31. The van der Waals surface area contributed by atoms with Crippen LogP contribution in [0.4, 0.5) is 5.69 Å². The van der Waals surface area contributed by atoms with Crippen molar-refractivity contribution in [1.82, 2.24) is 0 Å². The third-order valence-corrected chi connectivity index (χ3v) is 4.68. The number of carboxylic acid groups (broad SMARTS) is 1. The summed E-state index contributed by atoms with van der Waals surface area (Å²) in [5.41, 5.74) is 2.35. The van der Waals surface area contributed by atoms with E-state index in [-0.39, 0.29) is 5.56 Å². The molecule has 0 saturated carbocycles. The molecule has 1 heterocycles. The topological polar surface area (TPSA) is 72.0 Å². The van der Waals surface area contributed by atoms with Crippen molar-refractivity contribution in [3.8, 4) is 17.1 Å². The Hall–Kier alpha value is -3.57. The lowest BCUT2D eigenvalue weighted by Gasteiger charge is -2.07. The summed E-state index contributed by atoms with van der Waals surface area (Å²) in [4.78, 5) is 15.8. The fraction of sp³-hybridized carbons (Fsp3) is 0.0435. The predicted molar refractivity (Wildman–Crippen MR) is 112 cm³/mol. The summed E-state index contributed by atoms with van der Waals surface area (Å²) in [6.45, 7) is 0. The molecule has 0 atom stereocenters. The number of rotatable bonds is 4. The van der Waals surface area contributed by atoms with E-state index in [0.717, 1.165) is 16.7 Å². The van der Waals surface area contributed by atoms with Gasteiger partial charge in [-0.25, -0.2) is 9.79 Å². The highest BCUT2D eigenvalue weighted by atomic mass is 35.5. The highest BCUT2D eigenvalue weighted by Crippen LogP contribution is 2.26. The van der Waals surface area contributed by atoms with Crippen LogP contribution in [0.5, 0.6) is 5.75 Å². The number of carboxylic acids is 1. The number of fused-ring (bicyclic) bond motifs is 1. The normalized spacial score (nSPS) is 11.6. The van der Waals surface area contributed by atoms with E-state index in [4.69, 9.17) is 30.9 Å². The summed E-state index contributed by atoms with van der Waals surface area (Å²) in [6.07, 6.45) is 0. The van der Waals surface area contributed by atoms with E-state index >= 15 is 0 Å². The molecule has 0 amide bonds. The second kappa shape index (κ2) is 7.81. The maximum atomic E-state index is 11.1. The van der Waals surface area contributed by atoms with Crippen molar-refractivity contribution in [3.63, 3.8) is 0 Å². The number of aromatic carboxylic acids is 1. The molecule has 0 saturated heterocycles. The van der Waals surface area contributed by atoms with Crippen molar-refractivity contribution < 1.29 is 19.1 Å². The van der Waals surface area contributed by atoms with Crippen molar-refractivity contribution in [2.24, 2.45) is 4.99 Å². The molecule has 0 bridgehead atoms. The SMILES string of the molecule is COc1ccc(-c2cc(=Nc3ccc(C(=O)O)cc3)c3cc(Cl)ccc3o2)cc1. The summed E-state index contributed by atoms with van der Waals surface area (Å²) >= 11 is 6.18. The quantitative estimate of drug-likeness (QED) is 0.473. The fourth-order valence-electron chi connectivity index (χ4n) is 2.95. The maximum Gasteiger partial charge on any atom is 0.335 e. The van der Waals surface area contributed by atoms with Gasteiger partial charge >= 0.3 is 5.97 Å². The molecule has 1 aromatic heterocycles. The minimum atomic E-state index is -0.978. The summed E-state index contributed by atoms with van der Waals surface area (Å²) in [7, 11) is 1.62. The lowest BCUT2D eigenvalue weighted by atomic mass is 10.1. The first-order chi connectivity index (χ1) is 14.0.